The number of carbonyl (C=O) groups is 1. The van der Waals surface area contributed by atoms with Crippen molar-refractivity contribution in [1.82, 2.24) is 19.5 Å². The summed E-state index contributed by atoms with van der Waals surface area (Å²) in [5.41, 5.74) is 2.56. The van der Waals surface area contributed by atoms with Gasteiger partial charge in [0.25, 0.3) is 5.56 Å². The van der Waals surface area contributed by atoms with Crippen LogP contribution < -0.4 is 10.9 Å². The monoisotopic (exact) mass is 422 g/mol. The van der Waals surface area contributed by atoms with E-state index in [1.54, 1.807) is 11.3 Å². The van der Waals surface area contributed by atoms with E-state index in [1.807, 2.05) is 60.9 Å². The first kappa shape index (κ1) is 20.3. The summed E-state index contributed by atoms with van der Waals surface area (Å²) in [6, 6.07) is 13.5. The van der Waals surface area contributed by atoms with Crippen LogP contribution in [0.5, 0.6) is 0 Å². The summed E-state index contributed by atoms with van der Waals surface area (Å²) in [5.74, 6) is 0.533. The number of nitrogens with zero attached hydrogens (tertiary/aromatic N) is 3. The van der Waals surface area contributed by atoms with Crippen molar-refractivity contribution in [3.63, 3.8) is 0 Å². The van der Waals surface area contributed by atoms with Crippen LogP contribution in [-0.2, 0) is 11.2 Å². The van der Waals surface area contributed by atoms with E-state index in [-0.39, 0.29) is 17.5 Å². The molecular weight excluding hydrogens is 396 g/mol. The van der Waals surface area contributed by atoms with Crippen molar-refractivity contribution in [3.05, 3.63) is 69.6 Å². The van der Waals surface area contributed by atoms with Gasteiger partial charge in [-0.2, -0.15) is 5.10 Å². The molecule has 1 N–H and O–H groups in total. The Morgan fingerprint density at radius 3 is 2.70 bits per heavy atom. The van der Waals surface area contributed by atoms with Gasteiger partial charge in [0.1, 0.15) is 17.4 Å². The van der Waals surface area contributed by atoms with E-state index in [1.165, 1.54) is 10.2 Å². The number of benzene rings is 1. The molecule has 0 spiro atoms. The molecule has 0 radical (unpaired) electrons. The van der Waals surface area contributed by atoms with Crippen molar-refractivity contribution in [3.8, 4) is 0 Å². The molecule has 3 aromatic heterocycles. The Bertz CT molecular complexity index is 1240. The molecule has 4 rings (SSSR count). The minimum absolute atomic E-state index is 0.00549. The summed E-state index contributed by atoms with van der Waals surface area (Å²) in [6.07, 6.45) is 2.22. The largest absolute Gasteiger partial charge is 0.352 e. The van der Waals surface area contributed by atoms with E-state index in [9.17, 15) is 9.59 Å². The second-order valence-corrected chi connectivity index (χ2v) is 8.64. The van der Waals surface area contributed by atoms with Gasteiger partial charge in [-0.3, -0.25) is 14.0 Å². The molecule has 4 aromatic rings. The van der Waals surface area contributed by atoms with Gasteiger partial charge >= 0.3 is 0 Å². The quantitative estimate of drug-likeness (QED) is 0.487. The van der Waals surface area contributed by atoms with E-state index in [2.05, 4.69) is 22.5 Å². The van der Waals surface area contributed by atoms with Gasteiger partial charge < -0.3 is 5.32 Å². The van der Waals surface area contributed by atoms with Crippen LogP contribution in [0, 0.1) is 6.92 Å². The van der Waals surface area contributed by atoms with Crippen LogP contribution >= 0.6 is 11.3 Å². The molecule has 0 saturated heterocycles. The molecule has 6 nitrogen and oxygen atoms in total. The zero-order chi connectivity index (χ0) is 21.3. The minimum Gasteiger partial charge on any atom is -0.352 e. The van der Waals surface area contributed by atoms with Crippen LogP contribution in [0.1, 0.15) is 44.1 Å². The maximum Gasteiger partial charge on any atom is 0.291 e. The van der Waals surface area contributed by atoms with Gasteiger partial charge in [0.05, 0.1) is 10.2 Å². The van der Waals surface area contributed by atoms with Gasteiger partial charge in [0, 0.05) is 6.04 Å². The lowest BCUT2D eigenvalue weighted by Crippen LogP contribution is -2.42. The van der Waals surface area contributed by atoms with Gasteiger partial charge in [-0.25, -0.2) is 4.68 Å². The fraction of sp³-hybridized carbons (Fsp3) is 0.348. The van der Waals surface area contributed by atoms with Crippen LogP contribution in [0.2, 0.25) is 0 Å². The van der Waals surface area contributed by atoms with Crippen molar-refractivity contribution in [1.29, 1.82) is 0 Å². The molecule has 0 saturated carbocycles. The third kappa shape index (κ3) is 3.77. The SMILES string of the molecule is CC[C@@H](C(=O)N[C@H](C)CCc1ccccc1)n1nc(C)n2c(cc3sccc32)c1=O. The molecule has 0 aliphatic heterocycles. The Morgan fingerprint density at radius 1 is 1.20 bits per heavy atom. The van der Waals surface area contributed by atoms with Crippen molar-refractivity contribution in [2.75, 3.05) is 0 Å². The summed E-state index contributed by atoms with van der Waals surface area (Å²) in [6.45, 7) is 5.77. The highest BCUT2D eigenvalue weighted by Crippen LogP contribution is 2.25. The number of aryl methyl sites for hydroxylation is 2. The topological polar surface area (TPSA) is 68.4 Å². The zero-order valence-electron chi connectivity index (χ0n) is 17.5. The number of thiophene rings is 1. The molecule has 1 amide bonds. The number of aromatic nitrogens is 3. The molecule has 0 bridgehead atoms. The second-order valence-electron chi connectivity index (χ2n) is 7.69. The third-order valence-electron chi connectivity index (χ3n) is 5.51. The predicted octanol–water partition coefficient (Wildman–Crippen LogP) is 4.11. The average molecular weight is 423 g/mol. The van der Waals surface area contributed by atoms with Gasteiger partial charge in [-0.1, -0.05) is 37.3 Å². The Hall–Kier alpha value is -2.93. The maximum atomic E-state index is 13.2. The van der Waals surface area contributed by atoms with Crippen LogP contribution in [0.15, 0.2) is 52.6 Å². The smallest absolute Gasteiger partial charge is 0.291 e. The first-order chi connectivity index (χ1) is 14.5. The Balaban J connectivity index is 1.55. The number of amides is 1. The van der Waals surface area contributed by atoms with Gasteiger partial charge in [-0.05, 0) is 56.2 Å². The van der Waals surface area contributed by atoms with E-state index in [0.29, 0.717) is 17.8 Å². The first-order valence-electron chi connectivity index (χ1n) is 10.3. The average Bonchev–Trinajstić information content (AvgIpc) is 3.33. The number of carbonyl (C=O) groups excluding carboxylic acids is 1. The third-order valence-corrected chi connectivity index (χ3v) is 6.36. The summed E-state index contributed by atoms with van der Waals surface area (Å²) in [4.78, 5) is 26.2. The second kappa shape index (κ2) is 8.44. The van der Waals surface area contributed by atoms with Crippen LogP contribution in [0.4, 0.5) is 0 Å². The van der Waals surface area contributed by atoms with Crippen LogP contribution in [-0.4, -0.2) is 26.1 Å². The van der Waals surface area contributed by atoms with Crippen molar-refractivity contribution in [2.45, 2.75) is 52.1 Å². The molecule has 156 valence electrons. The Labute approximate surface area is 179 Å². The molecular formula is C23H26N4O2S. The van der Waals surface area contributed by atoms with Gasteiger partial charge in [0.2, 0.25) is 5.91 Å². The Morgan fingerprint density at radius 2 is 1.97 bits per heavy atom. The van der Waals surface area contributed by atoms with Crippen molar-refractivity contribution < 1.29 is 4.79 Å². The molecule has 0 aliphatic rings. The molecule has 2 atom stereocenters. The van der Waals surface area contributed by atoms with E-state index < -0.39 is 6.04 Å². The molecule has 30 heavy (non-hydrogen) atoms. The molecule has 0 unspecified atom stereocenters. The maximum absolute atomic E-state index is 13.2. The lowest BCUT2D eigenvalue weighted by Gasteiger charge is -2.21. The zero-order valence-corrected chi connectivity index (χ0v) is 18.3. The first-order valence-corrected chi connectivity index (χ1v) is 11.2. The fourth-order valence-corrected chi connectivity index (χ4v) is 4.72. The van der Waals surface area contributed by atoms with Gasteiger partial charge in [-0.15, -0.1) is 11.3 Å². The number of fused-ring (bicyclic) bond motifs is 3. The van der Waals surface area contributed by atoms with E-state index in [0.717, 1.165) is 23.1 Å². The molecule has 0 aliphatic carbocycles. The number of nitrogens with one attached hydrogen (secondary N) is 1. The normalized spacial score (nSPS) is 13.6. The Kier molecular flexibility index (Phi) is 5.72. The van der Waals surface area contributed by atoms with Gasteiger partial charge in [0.15, 0.2) is 0 Å². The number of rotatable bonds is 7. The number of hydrogen-bond acceptors (Lipinski definition) is 4. The lowest BCUT2D eigenvalue weighted by molar-refractivity contribution is -0.125. The molecule has 3 heterocycles. The van der Waals surface area contributed by atoms with Crippen LogP contribution in [0.25, 0.3) is 15.7 Å². The molecule has 0 fully saturated rings. The lowest BCUT2D eigenvalue weighted by atomic mass is 10.1. The highest BCUT2D eigenvalue weighted by molar-refractivity contribution is 7.17. The minimum atomic E-state index is -0.631. The van der Waals surface area contributed by atoms with Crippen molar-refractivity contribution in [2.24, 2.45) is 0 Å². The summed E-state index contributed by atoms with van der Waals surface area (Å²) >= 11 is 1.59. The standard InChI is InChI=1S/C23H26N4O2S/c1-4-18(22(28)24-15(2)10-11-17-8-6-5-7-9-17)27-23(29)20-14-21-19(12-13-30-21)26(20)16(3)25-27/h5-9,12-15,18H,4,10-11H2,1-3H3,(H,24,28)/t15-,18+/m1/s1. The highest BCUT2D eigenvalue weighted by Gasteiger charge is 2.24. The van der Waals surface area contributed by atoms with E-state index >= 15 is 0 Å². The highest BCUT2D eigenvalue weighted by atomic mass is 32.1. The summed E-state index contributed by atoms with van der Waals surface area (Å²) in [7, 11) is 0. The van der Waals surface area contributed by atoms with Crippen molar-refractivity contribution >= 4 is 33.0 Å². The molecule has 1 aromatic carbocycles. The predicted molar refractivity (Wildman–Crippen MR) is 121 cm³/mol. The van der Waals surface area contributed by atoms with Crippen LogP contribution in [0.3, 0.4) is 0 Å². The fourth-order valence-electron chi connectivity index (χ4n) is 3.91. The number of hydrogen-bond donors (Lipinski definition) is 1. The summed E-state index contributed by atoms with van der Waals surface area (Å²) < 4.78 is 4.27. The molecule has 7 heteroatoms. The summed E-state index contributed by atoms with van der Waals surface area (Å²) in [5, 5.41) is 9.58. The van der Waals surface area contributed by atoms with E-state index in [4.69, 9.17) is 0 Å².